The molecule has 0 aliphatic heterocycles. The summed E-state index contributed by atoms with van der Waals surface area (Å²) in [5.74, 6) is 0.841. The highest BCUT2D eigenvalue weighted by Gasteiger charge is 2.16. The number of amides is 1. The average molecular weight is 638 g/mol. The zero-order valence-corrected chi connectivity index (χ0v) is 28.8. The number of nitrogens with one attached hydrogen (secondary N) is 1. The number of nitrogens with zero attached hydrogens (tertiary/aromatic N) is 4. The van der Waals surface area contributed by atoms with Gasteiger partial charge in [0.2, 0.25) is 5.95 Å². The van der Waals surface area contributed by atoms with E-state index in [-0.39, 0.29) is 5.91 Å². The fourth-order valence-electron chi connectivity index (χ4n) is 5.16. The van der Waals surface area contributed by atoms with Gasteiger partial charge in [0.15, 0.2) is 0 Å². The largest absolute Gasteiger partial charge is 0.381 e. The molecule has 0 spiro atoms. The van der Waals surface area contributed by atoms with E-state index in [0.717, 1.165) is 78.5 Å². The Hall–Kier alpha value is -4.05. The first-order chi connectivity index (χ1) is 22.2. The van der Waals surface area contributed by atoms with Crippen molar-refractivity contribution in [1.82, 2.24) is 19.3 Å². The van der Waals surface area contributed by atoms with Crippen molar-refractivity contribution in [3.63, 3.8) is 0 Å². The first-order valence-corrected chi connectivity index (χ1v) is 20.0. The number of imidazole rings is 1. The smallest absolute Gasteiger partial charge is 0.258 e. The number of aromatic nitrogens is 4. The summed E-state index contributed by atoms with van der Waals surface area (Å²) in [6.45, 7) is 14.1. The van der Waals surface area contributed by atoms with Crippen LogP contribution in [0.15, 0.2) is 85.2 Å². The third kappa shape index (κ3) is 9.25. The number of anilines is 1. The van der Waals surface area contributed by atoms with E-state index in [1.165, 1.54) is 0 Å². The molecule has 5 aromatic rings. The number of ether oxygens (including phenoxy) is 2. The second-order valence-corrected chi connectivity index (χ2v) is 19.1. The Kier molecular flexibility index (Phi) is 11.2. The van der Waals surface area contributed by atoms with Crippen molar-refractivity contribution in [2.24, 2.45) is 5.92 Å². The number of benzene rings is 3. The van der Waals surface area contributed by atoms with Crippen LogP contribution in [0.1, 0.15) is 42.7 Å². The van der Waals surface area contributed by atoms with E-state index in [2.05, 4.69) is 62.1 Å². The minimum absolute atomic E-state index is 0.206. The number of aryl methyl sites for hydroxylation is 1. The van der Waals surface area contributed by atoms with E-state index in [1.54, 1.807) is 0 Å². The Morgan fingerprint density at radius 1 is 0.913 bits per heavy atom. The Bertz CT molecular complexity index is 1720. The zero-order chi connectivity index (χ0) is 32.5. The predicted octanol–water partition coefficient (Wildman–Crippen LogP) is 8.45. The first kappa shape index (κ1) is 33.3. The number of hydrogen-bond donors (Lipinski definition) is 1. The summed E-state index contributed by atoms with van der Waals surface area (Å²) in [5.41, 5.74) is 5.45. The molecule has 0 radical (unpaired) electrons. The van der Waals surface area contributed by atoms with Gasteiger partial charge in [-0.15, -0.1) is 0 Å². The van der Waals surface area contributed by atoms with Crippen molar-refractivity contribution in [1.29, 1.82) is 0 Å². The Labute approximate surface area is 273 Å². The number of fused-ring (bicyclic) bond motifs is 1. The molecule has 0 atom stereocenters. The van der Waals surface area contributed by atoms with Crippen LogP contribution in [0, 0.1) is 5.92 Å². The normalized spacial score (nSPS) is 11.9. The summed E-state index contributed by atoms with van der Waals surface area (Å²) in [6, 6.07) is 25.1. The molecule has 242 valence electrons. The molecule has 3 aromatic carbocycles. The van der Waals surface area contributed by atoms with Crippen molar-refractivity contribution >= 4 is 30.8 Å². The average Bonchev–Trinajstić information content (AvgIpc) is 3.64. The number of hydrogen-bond acceptors (Lipinski definition) is 5. The molecule has 0 aliphatic rings. The van der Waals surface area contributed by atoms with E-state index in [9.17, 15) is 4.79 Å². The highest BCUT2D eigenvalue weighted by Crippen LogP contribution is 2.26. The summed E-state index contributed by atoms with van der Waals surface area (Å²) in [6.07, 6.45) is 6.64. The van der Waals surface area contributed by atoms with Crippen LogP contribution in [0.2, 0.25) is 25.7 Å². The monoisotopic (exact) mass is 637 g/mol. The van der Waals surface area contributed by atoms with Crippen LogP contribution in [0.25, 0.3) is 27.7 Å². The van der Waals surface area contributed by atoms with Crippen LogP contribution in [0.3, 0.4) is 0 Å². The molecular formula is C37H47N5O3Si. The minimum Gasteiger partial charge on any atom is -0.381 e. The highest BCUT2D eigenvalue weighted by atomic mass is 28.3. The molecule has 0 unspecified atom stereocenters. The van der Waals surface area contributed by atoms with Gasteiger partial charge in [-0.3, -0.25) is 14.7 Å². The maximum Gasteiger partial charge on any atom is 0.258 e. The van der Waals surface area contributed by atoms with Gasteiger partial charge < -0.3 is 9.47 Å². The van der Waals surface area contributed by atoms with Gasteiger partial charge >= 0.3 is 0 Å². The van der Waals surface area contributed by atoms with Crippen molar-refractivity contribution in [2.75, 3.05) is 25.1 Å². The lowest BCUT2D eigenvalue weighted by molar-refractivity contribution is 0.0817. The van der Waals surface area contributed by atoms with E-state index < -0.39 is 8.07 Å². The molecule has 2 heterocycles. The van der Waals surface area contributed by atoms with Gasteiger partial charge in [0.1, 0.15) is 6.73 Å². The number of unbranched alkanes of at least 4 members (excludes halogenated alkanes) is 1. The van der Waals surface area contributed by atoms with Crippen molar-refractivity contribution in [2.45, 2.75) is 65.5 Å². The summed E-state index contributed by atoms with van der Waals surface area (Å²) >= 11 is 0. The number of carbonyl (C=O) groups excluding carboxylic acids is 1. The third-order valence-corrected chi connectivity index (χ3v) is 9.45. The first-order valence-electron chi connectivity index (χ1n) is 16.3. The lowest BCUT2D eigenvalue weighted by Gasteiger charge is -2.15. The Morgan fingerprint density at radius 2 is 1.72 bits per heavy atom. The van der Waals surface area contributed by atoms with E-state index in [4.69, 9.17) is 14.5 Å². The molecule has 9 heteroatoms. The molecule has 0 fully saturated rings. The van der Waals surface area contributed by atoms with Crippen molar-refractivity contribution < 1.29 is 14.3 Å². The Morgan fingerprint density at radius 3 is 2.50 bits per heavy atom. The summed E-state index contributed by atoms with van der Waals surface area (Å²) < 4.78 is 15.5. The SMILES string of the molecule is CC(C)COCCCCc1cn(-c2ccccc2)c(NC(=O)c2cccc(-c3ccc4c(cnn4COCC[Si](C)(C)C)c3)c2)n1. The second kappa shape index (κ2) is 15.5. The molecule has 46 heavy (non-hydrogen) atoms. The van der Waals surface area contributed by atoms with Crippen LogP contribution in [0.4, 0.5) is 5.95 Å². The molecule has 1 amide bonds. The molecule has 0 aliphatic carbocycles. The van der Waals surface area contributed by atoms with Gasteiger partial charge in [0, 0.05) is 50.7 Å². The summed E-state index contributed by atoms with van der Waals surface area (Å²) in [5, 5.41) is 8.66. The molecule has 0 bridgehead atoms. The quantitative estimate of drug-likeness (QED) is 0.0867. The zero-order valence-electron chi connectivity index (χ0n) is 27.8. The number of rotatable bonds is 16. The topological polar surface area (TPSA) is 83.2 Å². The van der Waals surface area contributed by atoms with Crippen molar-refractivity contribution in [3.8, 4) is 16.8 Å². The summed E-state index contributed by atoms with van der Waals surface area (Å²) in [7, 11) is -1.13. The van der Waals surface area contributed by atoms with Crippen LogP contribution in [-0.2, 0) is 22.6 Å². The molecule has 1 N–H and O–H groups in total. The number of carbonyl (C=O) groups is 1. The van der Waals surface area contributed by atoms with Crippen LogP contribution >= 0.6 is 0 Å². The molecule has 5 rings (SSSR count). The van der Waals surface area contributed by atoms with Crippen molar-refractivity contribution in [3.05, 3.63) is 96.4 Å². The van der Waals surface area contributed by atoms with Gasteiger partial charge in [-0.25, -0.2) is 9.67 Å². The lowest BCUT2D eigenvalue weighted by Crippen LogP contribution is -2.22. The lowest BCUT2D eigenvalue weighted by atomic mass is 10.0. The molecule has 8 nitrogen and oxygen atoms in total. The van der Waals surface area contributed by atoms with Gasteiger partial charge in [-0.05, 0) is 78.7 Å². The maximum atomic E-state index is 13.6. The van der Waals surface area contributed by atoms with Gasteiger partial charge in [-0.1, -0.05) is 69.9 Å². The third-order valence-electron chi connectivity index (χ3n) is 7.75. The summed E-state index contributed by atoms with van der Waals surface area (Å²) in [4.78, 5) is 18.4. The fraction of sp³-hybridized carbons (Fsp3) is 0.378. The minimum atomic E-state index is -1.13. The molecular weight excluding hydrogens is 591 g/mol. The maximum absolute atomic E-state index is 13.6. The van der Waals surface area contributed by atoms with Crippen LogP contribution < -0.4 is 5.32 Å². The van der Waals surface area contributed by atoms with Gasteiger partial charge in [0.25, 0.3) is 5.91 Å². The standard InChI is InChI=1S/C37H47N5O3Si/c1-28(2)26-44-19-10-9-14-33-25-41(34-15-7-6-8-16-34)37(39-33)40-36(43)31-13-11-12-29(22-31)30-17-18-35-32(23-30)24-38-42(35)27-45-20-21-46(3,4)5/h6-8,11-13,15-18,22-25,28H,9-10,14,19-21,26-27H2,1-5H3,(H,39,40,43). The molecule has 0 saturated carbocycles. The number of para-hydroxylation sites is 1. The highest BCUT2D eigenvalue weighted by molar-refractivity contribution is 6.76. The van der Waals surface area contributed by atoms with Gasteiger partial charge in [0.05, 0.1) is 17.4 Å². The molecule has 0 saturated heterocycles. The van der Waals surface area contributed by atoms with Crippen LogP contribution in [-0.4, -0.2) is 53.1 Å². The van der Waals surface area contributed by atoms with E-state index >= 15 is 0 Å². The van der Waals surface area contributed by atoms with E-state index in [0.29, 0.717) is 24.2 Å². The molecule has 2 aromatic heterocycles. The van der Waals surface area contributed by atoms with E-state index in [1.807, 2.05) is 76.2 Å². The predicted molar refractivity (Wildman–Crippen MR) is 189 cm³/mol. The van der Waals surface area contributed by atoms with Crippen LogP contribution in [0.5, 0.6) is 0 Å². The fourth-order valence-corrected chi connectivity index (χ4v) is 5.92. The van der Waals surface area contributed by atoms with Gasteiger partial charge in [-0.2, -0.15) is 5.10 Å². The Balaban J connectivity index is 1.27. The second-order valence-electron chi connectivity index (χ2n) is 13.5.